The van der Waals surface area contributed by atoms with Gasteiger partial charge < -0.3 is 15.0 Å². The van der Waals surface area contributed by atoms with E-state index < -0.39 is 6.04 Å². The summed E-state index contributed by atoms with van der Waals surface area (Å²) >= 11 is 3.44. The molecule has 1 N–H and O–H groups in total. The summed E-state index contributed by atoms with van der Waals surface area (Å²) in [6.45, 7) is 8.92. The topological polar surface area (TPSA) is 135 Å². The zero-order valence-corrected chi connectivity index (χ0v) is 27.6. The summed E-state index contributed by atoms with van der Waals surface area (Å²) < 4.78 is 7.68. The number of halogens is 1. The van der Waals surface area contributed by atoms with Crippen LogP contribution in [-0.4, -0.2) is 90.5 Å². The number of carbonyl (C=O) groups is 3. The van der Waals surface area contributed by atoms with E-state index in [2.05, 4.69) is 53.1 Å². The fraction of sp³-hybridized carbons (Fsp3) is 0.424. The lowest BCUT2D eigenvalue weighted by Crippen LogP contribution is -2.47. The van der Waals surface area contributed by atoms with Crippen LogP contribution in [0, 0.1) is 12.3 Å². The number of fused-ring (bicyclic) bond motifs is 2. The van der Waals surface area contributed by atoms with Gasteiger partial charge in [0.15, 0.2) is 5.78 Å². The van der Waals surface area contributed by atoms with E-state index in [0.717, 1.165) is 36.2 Å². The number of hydrogen-bond acceptors (Lipinski definition) is 9. The van der Waals surface area contributed by atoms with Gasteiger partial charge in [0.2, 0.25) is 11.8 Å². The Kier molecular flexibility index (Phi) is 7.94. The first-order valence-electron chi connectivity index (χ1n) is 15.5. The zero-order chi connectivity index (χ0) is 32.2. The van der Waals surface area contributed by atoms with Crippen molar-refractivity contribution in [3.8, 4) is 11.1 Å². The lowest BCUT2D eigenvalue weighted by molar-refractivity contribution is -0.138. The number of nitrogens with one attached hydrogen (secondary N) is 1. The molecule has 3 atom stereocenters. The molecular formula is C33H35BrN8O4. The largest absolute Gasteiger partial charge is 0.379 e. The number of piperidine rings is 1. The molecule has 3 aromatic heterocycles. The van der Waals surface area contributed by atoms with E-state index in [1.807, 2.05) is 37.3 Å². The quantitative estimate of drug-likeness (QED) is 0.215. The number of nitrogens with zero attached hydrogens (tertiary/aromatic N) is 7. The monoisotopic (exact) mass is 686 g/mol. The number of amides is 2. The number of ketones is 1. The standard InChI is InChI=1S/C33H35BrN8O4/c1-19(43)30-24-12-21(23-15-35-20(2)36-16-23)4-6-25(24)41(39-30)18-29(44)42-26(13-33(3)14-27(33)42)32(45)38-31-22(5-7-28(34)37-31)17-40-8-10-46-11-9-40/h4-7,12,15-16,26-27H,8-11,13-14,17-18H2,1-3H3,(H,37,38,45)/t26-,27+,33-/m0/s1. The Labute approximate surface area is 274 Å². The molecule has 2 aliphatic heterocycles. The normalized spacial score (nSPS) is 22.6. The highest BCUT2D eigenvalue weighted by molar-refractivity contribution is 9.10. The summed E-state index contributed by atoms with van der Waals surface area (Å²) in [7, 11) is 0. The maximum atomic E-state index is 14.0. The van der Waals surface area contributed by atoms with Crippen molar-refractivity contribution in [2.24, 2.45) is 5.41 Å². The van der Waals surface area contributed by atoms with E-state index in [1.54, 1.807) is 22.0 Å². The molecule has 0 bridgehead atoms. The Hall–Kier alpha value is -4.07. The second kappa shape index (κ2) is 11.9. The van der Waals surface area contributed by atoms with Crippen molar-refractivity contribution in [2.75, 3.05) is 31.6 Å². The fourth-order valence-corrected chi connectivity index (χ4v) is 7.06. The number of ether oxygens (including phenoxy) is 1. The molecule has 238 valence electrons. The minimum Gasteiger partial charge on any atom is -0.379 e. The molecule has 3 aliphatic rings. The number of morpholine rings is 1. The molecule has 5 heterocycles. The van der Waals surface area contributed by atoms with Crippen molar-refractivity contribution in [3.63, 3.8) is 0 Å². The van der Waals surface area contributed by atoms with E-state index in [9.17, 15) is 14.4 Å². The van der Waals surface area contributed by atoms with Gasteiger partial charge in [-0.15, -0.1) is 0 Å². The number of rotatable bonds is 8. The zero-order valence-electron chi connectivity index (χ0n) is 26.0. The Morgan fingerprint density at radius 3 is 2.57 bits per heavy atom. The molecule has 12 nitrogen and oxygen atoms in total. The number of hydrogen-bond donors (Lipinski definition) is 1. The Morgan fingerprint density at radius 2 is 1.83 bits per heavy atom. The van der Waals surface area contributed by atoms with E-state index >= 15 is 0 Å². The highest BCUT2D eigenvalue weighted by Gasteiger charge is 2.64. The lowest BCUT2D eigenvalue weighted by Gasteiger charge is -2.28. The molecule has 0 spiro atoms. The SMILES string of the molecule is CC(=O)c1nn(CC(=O)N2[C@H](C(=O)Nc3nc(Br)ccc3CN3CCOCC3)C[C@@]3(C)C[C@@H]23)c2ccc(-c3cnc(C)nc3)cc12. The Bertz CT molecular complexity index is 1850. The number of pyridine rings is 1. The molecule has 1 saturated carbocycles. The summed E-state index contributed by atoms with van der Waals surface area (Å²) in [5.74, 6) is 0.495. The van der Waals surface area contributed by atoms with Crippen LogP contribution in [0.5, 0.6) is 0 Å². The first kappa shape index (κ1) is 30.6. The highest BCUT2D eigenvalue weighted by Crippen LogP contribution is 2.59. The van der Waals surface area contributed by atoms with Crippen molar-refractivity contribution in [1.82, 2.24) is 34.5 Å². The molecule has 4 aromatic rings. The van der Waals surface area contributed by atoms with E-state index in [-0.39, 0.29) is 41.3 Å². The third-order valence-electron chi connectivity index (χ3n) is 9.39. The fourth-order valence-electron chi connectivity index (χ4n) is 6.75. The number of carbonyl (C=O) groups excluding carboxylic acids is 3. The molecule has 13 heteroatoms. The Morgan fingerprint density at radius 1 is 1.07 bits per heavy atom. The number of aromatic nitrogens is 5. The van der Waals surface area contributed by atoms with Crippen LogP contribution < -0.4 is 5.32 Å². The minimum atomic E-state index is -0.643. The number of benzene rings is 1. The van der Waals surface area contributed by atoms with Crippen molar-refractivity contribution in [2.45, 2.75) is 58.8 Å². The van der Waals surface area contributed by atoms with Gasteiger partial charge in [0.1, 0.15) is 34.5 Å². The van der Waals surface area contributed by atoms with Gasteiger partial charge in [0.25, 0.3) is 0 Å². The van der Waals surface area contributed by atoms with Gasteiger partial charge in [-0.05, 0) is 64.9 Å². The number of aryl methyl sites for hydroxylation is 1. The van der Waals surface area contributed by atoms with Gasteiger partial charge in [-0.3, -0.25) is 24.0 Å². The minimum absolute atomic E-state index is 0.0266. The predicted octanol–water partition coefficient (Wildman–Crippen LogP) is 4.01. The predicted molar refractivity (Wildman–Crippen MR) is 174 cm³/mol. The second-order valence-electron chi connectivity index (χ2n) is 12.7. The summed E-state index contributed by atoms with van der Waals surface area (Å²) in [5.41, 5.74) is 3.42. The van der Waals surface area contributed by atoms with Crippen molar-refractivity contribution in [1.29, 1.82) is 0 Å². The van der Waals surface area contributed by atoms with Crippen molar-refractivity contribution in [3.05, 3.63) is 64.4 Å². The van der Waals surface area contributed by atoms with Crippen LogP contribution in [0.4, 0.5) is 5.82 Å². The van der Waals surface area contributed by atoms with Crippen molar-refractivity contribution >= 4 is 50.2 Å². The van der Waals surface area contributed by atoms with E-state index in [4.69, 9.17) is 4.74 Å². The second-order valence-corrected chi connectivity index (χ2v) is 13.5. The maximum Gasteiger partial charge on any atom is 0.248 e. The van der Waals surface area contributed by atoms with Gasteiger partial charge in [0, 0.05) is 61.5 Å². The first-order valence-corrected chi connectivity index (χ1v) is 16.3. The molecule has 2 saturated heterocycles. The van der Waals surface area contributed by atoms with Crippen LogP contribution >= 0.6 is 15.9 Å². The number of anilines is 1. The van der Waals surface area contributed by atoms with Gasteiger partial charge in [-0.2, -0.15) is 5.10 Å². The summed E-state index contributed by atoms with van der Waals surface area (Å²) in [6, 6.07) is 8.82. The molecule has 7 rings (SSSR count). The smallest absolute Gasteiger partial charge is 0.248 e. The first-order chi connectivity index (χ1) is 22.1. The number of likely N-dealkylation sites (tertiary alicyclic amines) is 1. The van der Waals surface area contributed by atoms with E-state index in [1.165, 1.54) is 6.92 Å². The average molecular weight is 688 g/mol. The van der Waals surface area contributed by atoms with Crippen LogP contribution in [-0.2, 0) is 27.4 Å². The molecule has 46 heavy (non-hydrogen) atoms. The third kappa shape index (κ3) is 5.82. The molecule has 1 aliphatic carbocycles. The van der Waals surface area contributed by atoms with Gasteiger partial charge in [-0.25, -0.2) is 15.0 Å². The third-order valence-corrected chi connectivity index (χ3v) is 9.83. The Balaban J connectivity index is 1.13. The molecule has 2 amide bonds. The van der Waals surface area contributed by atoms with Crippen molar-refractivity contribution < 1.29 is 19.1 Å². The molecule has 0 radical (unpaired) electrons. The molecule has 1 aromatic carbocycles. The van der Waals surface area contributed by atoms with Gasteiger partial charge in [-0.1, -0.05) is 19.1 Å². The molecular weight excluding hydrogens is 652 g/mol. The summed E-state index contributed by atoms with van der Waals surface area (Å²) in [4.78, 5) is 57.7. The van der Waals surface area contributed by atoms with Crippen LogP contribution in [0.2, 0.25) is 0 Å². The average Bonchev–Trinajstić information content (AvgIpc) is 3.40. The molecule has 3 fully saturated rings. The molecule has 0 unspecified atom stereocenters. The maximum absolute atomic E-state index is 14.0. The van der Waals surface area contributed by atoms with Gasteiger partial charge in [0.05, 0.1) is 18.7 Å². The van der Waals surface area contributed by atoms with Crippen LogP contribution in [0.1, 0.15) is 48.6 Å². The lowest BCUT2D eigenvalue weighted by atomic mass is 10.0. The van der Waals surface area contributed by atoms with Crippen LogP contribution in [0.25, 0.3) is 22.0 Å². The van der Waals surface area contributed by atoms with Gasteiger partial charge >= 0.3 is 0 Å². The number of Topliss-reactive ketones (excluding diaryl/α,β-unsaturated/α-hetero) is 1. The van der Waals surface area contributed by atoms with Crippen LogP contribution in [0.3, 0.4) is 0 Å². The highest BCUT2D eigenvalue weighted by atomic mass is 79.9. The van der Waals surface area contributed by atoms with E-state index in [0.29, 0.717) is 53.3 Å². The summed E-state index contributed by atoms with van der Waals surface area (Å²) in [6.07, 6.45) is 4.90. The summed E-state index contributed by atoms with van der Waals surface area (Å²) in [5, 5.41) is 8.28. The van der Waals surface area contributed by atoms with Crippen LogP contribution in [0.15, 0.2) is 47.3 Å².